The van der Waals surface area contributed by atoms with Crippen molar-refractivity contribution in [3.63, 3.8) is 0 Å². The highest BCUT2D eigenvalue weighted by Crippen LogP contribution is 2.38. The van der Waals surface area contributed by atoms with Crippen LogP contribution in [0.3, 0.4) is 0 Å². The van der Waals surface area contributed by atoms with E-state index in [1.807, 2.05) is 11.9 Å². The number of carbonyl (C=O) groups is 1. The second-order valence-corrected chi connectivity index (χ2v) is 6.13. The van der Waals surface area contributed by atoms with Crippen molar-refractivity contribution in [1.82, 2.24) is 0 Å². The zero-order chi connectivity index (χ0) is 15.0. The van der Waals surface area contributed by atoms with Crippen LogP contribution in [0.2, 0.25) is 5.02 Å². The maximum absolute atomic E-state index is 11.5. The van der Waals surface area contributed by atoms with Gasteiger partial charge in [0, 0.05) is 31.5 Å². The maximum Gasteiger partial charge on any atom is 0.257 e. The predicted molar refractivity (Wildman–Crippen MR) is 81.9 cm³/mol. The number of anilines is 2. The van der Waals surface area contributed by atoms with Crippen molar-refractivity contribution < 1.29 is 14.6 Å². The van der Waals surface area contributed by atoms with Gasteiger partial charge in [0.1, 0.15) is 0 Å². The zero-order valence-electron chi connectivity index (χ0n) is 11.9. The third kappa shape index (κ3) is 3.15. The Labute approximate surface area is 128 Å². The number of likely N-dealkylation sites (N-methyl/N-ethyl adjacent to an activating group) is 1. The fourth-order valence-corrected chi connectivity index (χ4v) is 2.72. The molecule has 6 heteroatoms. The van der Waals surface area contributed by atoms with E-state index in [2.05, 4.69) is 5.32 Å². The highest BCUT2D eigenvalue weighted by atomic mass is 35.5. The van der Waals surface area contributed by atoms with Crippen LogP contribution in [-0.4, -0.2) is 37.8 Å². The first kappa shape index (κ1) is 14.6. The lowest BCUT2D eigenvalue weighted by molar-refractivity contribution is -0.123. The molecule has 0 aromatic heterocycles. The normalized spacial score (nSPS) is 20.3. The molecule has 1 atom stereocenters. The van der Waals surface area contributed by atoms with Crippen molar-refractivity contribution in [2.45, 2.75) is 18.9 Å². The smallest absolute Gasteiger partial charge is 0.257 e. The maximum atomic E-state index is 11.5. The van der Waals surface area contributed by atoms with Crippen LogP contribution in [-0.2, 0) is 9.53 Å². The van der Waals surface area contributed by atoms with E-state index in [4.69, 9.17) is 16.3 Å². The number of carbonyl (C=O) groups excluding carboxylic acids is 1. The van der Waals surface area contributed by atoms with Crippen LogP contribution >= 0.6 is 11.6 Å². The fourth-order valence-electron chi connectivity index (χ4n) is 2.40. The van der Waals surface area contributed by atoms with Crippen LogP contribution in [0.1, 0.15) is 24.5 Å². The van der Waals surface area contributed by atoms with Crippen LogP contribution in [0, 0.1) is 5.92 Å². The van der Waals surface area contributed by atoms with Gasteiger partial charge in [-0.25, -0.2) is 0 Å². The van der Waals surface area contributed by atoms with Crippen LogP contribution in [0.5, 0.6) is 0 Å². The first-order valence-electron chi connectivity index (χ1n) is 7.17. The van der Waals surface area contributed by atoms with Gasteiger partial charge in [0.25, 0.3) is 5.91 Å². The number of halogens is 1. The number of aliphatic hydroxyl groups is 1. The van der Waals surface area contributed by atoms with Crippen LogP contribution in [0.25, 0.3) is 0 Å². The Morgan fingerprint density at radius 3 is 2.95 bits per heavy atom. The molecule has 1 heterocycles. The monoisotopic (exact) mass is 310 g/mol. The number of amides is 1. The lowest BCUT2D eigenvalue weighted by Crippen LogP contribution is -2.23. The van der Waals surface area contributed by atoms with Crippen molar-refractivity contribution >= 4 is 28.9 Å². The van der Waals surface area contributed by atoms with Gasteiger partial charge >= 0.3 is 0 Å². The van der Waals surface area contributed by atoms with Crippen LogP contribution in [0.15, 0.2) is 12.1 Å². The molecule has 1 fully saturated rings. The van der Waals surface area contributed by atoms with Crippen molar-refractivity contribution in [3.8, 4) is 0 Å². The van der Waals surface area contributed by atoms with Gasteiger partial charge in [0.05, 0.1) is 17.3 Å². The first-order valence-corrected chi connectivity index (χ1v) is 7.55. The first-order chi connectivity index (χ1) is 10.1. The molecule has 0 radical (unpaired) electrons. The number of nitrogens with one attached hydrogen (secondary N) is 1. The van der Waals surface area contributed by atoms with Gasteiger partial charge in [0.15, 0.2) is 6.10 Å². The summed E-state index contributed by atoms with van der Waals surface area (Å²) in [6.45, 7) is 2.21. The van der Waals surface area contributed by atoms with E-state index >= 15 is 0 Å². The Morgan fingerprint density at radius 1 is 1.48 bits per heavy atom. The van der Waals surface area contributed by atoms with Gasteiger partial charge in [-0.3, -0.25) is 4.79 Å². The number of benzene rings is 1. The molecule has 1 aromatic carbocycles. The summed E-state index contributed by atoms with van der Waals surface area (Å²) >= 11 is 6.26. The van der Waals surface area contributed by atoms with Crippen LogP contribution in [0.4, 0.5) is 11.4 Å². The Hall–Kier alpha value is -1.30. The minimum atomic E-state index is -1.13. The molecule has 1 unspecified atom stereocenters. The Bertz CT molecular complexity index is 560. The summed E-state index contributed by atoms with van der Waals surface area (Å²) in [6, 6.07) is 3.45. The minimum Gasteiger partial charge on any atom is -0.379 e. The zero-order valence-corrected chi connectivity index (χ0v) is 12.7. The molecular weight excluding hydrogens is 292 g/mol. The van der Waals surface area contributed by atoms with Gasteiger partial charge in [0.2, 0.25) is 0 Å². The van der Waals surface area contributed by atoms with E-state index < -0.39 is 12.0 Å². The molecule has 114 valence electrons. The van der Waals surface area contributed by atoms with Crippen molar-refractivity contribution in [2.24, 2.45) is 5.92 Å². The molecule has 1 amide bonds. The Kier molecular flexibility index (Phi) is 4.06. The number of hydrogen-bond donors (Lipinski definition) is 2. The number of ether oxygens (including phenoxy) is 1. The molecule has 1 saturated carbocycles. The van der Waals surface area contributed by atoms with E-state index in [9.17, 15) is 9.90 Å². The molecule has 2 aliphatic rings. The molecule has 1 aromatic rings. The van der Waals surface area contributed by atoms with Crippen molar-refractivity contribution in [3.05, 3.63) is 22.7 Å². The third-order valence-corrected chi connectivity index (χ3v) is 4.26. The number of nitrogens with zero attached hydrogens (tertiary/aromatic N) is 1. The number of aliphatic hydroxyl groups excluding tert-OH is 1. The standard InChI is InChI=1S/C15H19ClN2O3/c1-18(4-5-21-8-9-2-3-9)13-7-12-10(6-11(13)16)14(19)15(20)17-12/h6-7,9,14,19H,2-5,8H2,1H3,(H,17,20). The Morgan fingerprint density at radius 2 is 2.24 bits per heavy atom. The molecule has 1 aliphatic heterocycles. The molecule has 0 bridgehead atoms. The summed E-state index contributed by atoms with van der Waals surface area (Å²) in [5, 5.41) is 12.9. The second kappa shape index (κ2) is 5.83. The predicted octanol–water partition coefficient (Wildman–Crippen LogP) is 2.19. The van der Waals surface area contributed by atoms with Gasteiger partial charge < -0.3 is 20.1 Å². The van der Waals surface area contributed by atoms with E-state index in [0.29, 0.717) is 22.9 Å². The number of rotatable bonds is 6. The highest BCUT2D eigenvalue weighted by Gasteiger charge is 2.30. The lowest BCUT2D eigenvalue weighted by Gasteiger charge is -2.21. The molecule has 0 spiro atoms. The second-order valence-electron chi connectivity index (χ2n) is 5.72. The summed E-state index contributed by atoms with van der Waals surface area (Å²) in [5.41, 5.74) is 1.98. The van der Waals surface area contributed by atoms with Gasteiger partial charge in [-0.05, 0) is 30.9 Å². The quantitative estimate of drug-likeness (QED) is 0.791. The fraction of sp³-hybridized carbons (Fsp3) is 0.533. The summed E-state index contributed by atoms with van der Waals surface area (Å²) in [6.07, 6.45) is 1.45. The highest BCUT2D eigenvalue weighted by molar-refractivity contribution is 6.33. The average Bonchev–Trinajstić information content (AvgIpc) is 3.23. The van der Waals surface area contributed by atoms with Crippen molar-refractivity contribution in [1.29, 1.82) is 0 Å². The molecule has 0 saturated heterocycles. The van der Waals surface area contributed by atoms with Gasteiger partial charge in [-0.1, -0.05) is 11.6 Å². The van der Waals surface area contributed by atoms with E-state index in [0.717, 1.165) is 24.8 Å². The third-order valence-electron chi connectivity index (χ3n) is 3.95. The minimum absolute atomic E-state index is 0.409. The summed E-state index contributed by atoms with van der Waals surface area (Å²) < 4.78 is 5.62. The van der Waals surface area contributed by atoms with Gasteiger partial charge in [-0.15, -0.1) is 0 Å². The molecule has 3 rings (SSSR count). The SMILES string of the molecule is CN(CCOCC1CC1)c1cc2c(cc1Cl)C(O)C(=O)N2. The largest absolute Gasteiger partial charge is 0.379 e. The molecule has 1 aliphatic carbocycles. The molecular formula is C15H19ClN2O3. The van der Waals surface area contributed by atoms with Crippen molar-refractivity contribution in [2.75, 3.05) is 37.0 Å². The van der Waals surface area contributed by atoms with E-state index in [-0.39, 0.29) is 0 Å². The Balaban J connectivity index is 1.64. The van der Waals surface area contributed by atoms with E-state index in [1.165, 1.54) is 12.8 Å². The summed E-state index contributed by atoms with van der Waals surface area (Å²) in [4.78, 5) is 13.5. The average molecular weight is 311 g/mol. The molecule has 2 N–H and O–H groups in total. The summed E-state index contributed by atoms with van der Waals surface area (Å²) in [5.74, 6) is 0.351. The molecule has 21 heavy (non-hydrogen) atoms. The van der Waals surface area contributed by atoms with Gasteiger partial charge in [-0.2, -0.15) is 0 Å². The lowest BCUT2D eigenvalue weighted by atomic mass is 10.1. The topological polar surface area (TPSA) is 61.8 Å². The number of hydrogen-bond acceptors (Lipinski definition) is 4. The number of fused-ring (bicyclic) bond motifs is 1. The van der Waals surface area contributed by atoms with E-state index in [1.54, 1.807) is 12.1 Å². The molecule has 5 nitrogen and oxygen atoms in total. The van der Waals surface area contributed by atoms with Crippen LogP contribution < -0.4 is 10.2 Å². The summed E-state index contributed by atoms with van der Waals surface area (Å²) in [7, 11) is 1.93.